The van der Waals surface area contributed by atoms with E-state index < -0.39 is 0 Å². The van der Waals surface area contributed by atoms with Gasteiger partial charge in [0.25, 0.3) is 0 Å². The van der Waals surface area contributed by atoms with Crippen molar-refractivity contribution in [3.63, 3.8) is 0 Å². The first-order valence-corrected chi connectivity index (χ1v) is 5.72. The van der Waals surface area contributed by atoms with Crippen LogP contribution in [0.15, 0.2) is 0 Å². The summed E-state index contributed by atoms with van der Waals surface area (Å²) in [6, 6.07) is 0.262. The van der Waals surface area contributed by atoms with Crippen LogP contribution >= 0.6 is 0 Å². The monoisotopic (exact) mass is 217 g/mol. The summed E-state index contributed by atoms with van der Waals surface area (Å²) < 4.78 is 12.1. The highest BCUT2D eigenvalue weighted by molar-refractivity contribution is 4.90. The number of aliphatic hydroxyl groups excluding tert-OH is 1. The van der Waals surface area contributed by atoms with E-state index in [1.165, 1.54) is 0 Å². The van der Waals surface area contributed by atoms with E-state index in [0.717, 1.165) is 32.7 Å². The van der Waals surface area contributed by atoms with Gasteiger partial charge in [0.2, 0.25) is 0 Å². The summed E-state index contributed by atoms with van der Waals surface area (Å²) in [7, 11) is 0. The second kappa shape index (κ2) is 5.21. The summed E-state index contributed by atoms with van der Waals surface area (Å²) in [6.45, 7) is 5.62. The Morgan fingerprint density at radius 1 is 1.20 bits per heavy atom. The Morgan fingerprint density at radius 2 is 1.93 bits per heavy atom. The molecule has 4 nitrogen and oxygen atoms in total. The van der Waals surface area contributed by atoms with E-state index >= 15 is 0 Å². The summed E-state index contributed by atoms with van der Waals surface area (Å²) >= 11 is 0. The molecule has 0 amide bonds. The van der Waals surface area contributed by atoms with Gasteiger partial charge in [0.1, 0.15) is 6.67 Å². The Morgan fingerprint density at radius 3 is 2.47 bits per heavy atom. The quantitative estimate of drug-likeness (QED) is 0.630. The summed E-state index contributed by atoms with van der Waals surface area (Å²) in [4.78, 5) is 4.46. The molecule has 2 N–H and O–H groups in total. The highest BCUT2D eigenvalue weighted by atomic mass is 19.1. The number of alkyl halides is 1. The van der Waals surface area contributed by atoms with Crippen LogP contribution < -0.4 is 5.32 Å². The molecule has 15 heavy (non-hydrogen) atoms. The second-order valence-corrected chi connectivity index (χ2v) is 4.36. The van der Waals surface area contributed by atoms with Gasteiger partial charge >= 0.3 is 0 Å². The molecule has 0 aromatic carbocycles. The van der Waals surface area contributed by atoms with Crippen LogP contribution in [0.2, 0.25) is 0 Å². The number of rotatable bonds is 3. The zero-order valence-electron chi connectivity index (χ0n) is 9.03. The molecule has 2 heterocycles. The normalized spacial score (nSPS) is 34.8. The SMILES string of the molecule is O[C@@H]1CNC[C@H]1N1CCN(CCF)CC1. The molecule has 88 valence electrons. The topological polar surface area (TPSA) is 38.7 Å². The molecule has 2 fully saturated rings. The lowest BCUT2D eigenvalue weighted by atomic mass is 10.1. The van der Waals surface area contributed by atoms with Gasteiger partial charge in [-0.3, -0.25) is 9.80 Å². The number of halogens is 1. The summed E-state index contributed by atoms with van der Waals surface area (Å²) in [5.41, 5.74) is 0. The van der Waals surface area contributed by atoms with E-state index in [2.05, 4.69) is 15.1 Å². The zero-order chi connectivity index (χ0) is 10.7. The molecule has 0 spiro atoms. The van der Waals surface area contributed by atoms with Gasteiger partial charge in [0.15, 0.2) is 0 Å². The minimum atomic E-state index is -0.256. The molecule has 0 aromatic rings. The van der Waals surface area contributed by atoms with Crippen molar-refractivity contribution in [3.05, 3.63) is 0 Å². The Kier molecular flexibility index (Phi) is 3.91. The number of piperazine rings is 1. The van der Waals surface area contributed by atoms with Gasteiger partial charge in [-0.25, -0.2) is 4.39 Å². The van der Waals surface area contributed by atoms with Crippen molar-refractivity contribution in [1.29, 1.82) is 0 Å². The molecule has 0 radical (unpaired) electrons. The molecule has 0 unspecified atom stereocenters. The lowest BCUT2D eigenvalue weighted by molar-refractivity contribution is 0.0430. The van der Waals surface area contributed by atoms with Crippen molar-refractivity contribution >= 4 is 0 Å². The van der Waals surface area contributed by atoms with Gasteiger partial charge in [-0.2, -0.15) is 0 Å². The first kappa shape index (κ1) is 11.3. The number of nitrogens with one attached hydrogen (secondary N) is 1. The molecule has 0 bridgehead atoms. The molecular formula is C10H20FN3O. The van der Waals surface area contributed by atoms with Crippen LogP contribution in [0.3, 0.4) is 0 Å². The van der Waals surface area contributed by atoms with Crippen molar-refractivity contribution in [2.45, 2.75) is 12.1 Å². The average Bonchev–Trinajstić information content (AvgIpc) is 2.66. The number of hydrogen-bond acceptors (Lipinski definition) is 4. The molecule has 2 aliphatic rings. The maximum Gasteiger partial charge on any atom is 0.102 e. The van der Waals surface area contributed by atoms with E-state index in [0.29, 0.717) is 13.1 Å². The molecule has 2 aliphatic heterocycles. The van der Waals surface area contributed by atoms with Crippen LogP contribution in [0.5, 0.6) is 0 Å². The Hall–Kier alpha value is -0.230. The van der Waals surface area contributed by atoms with Gasteiger partial charge in [-0.1, -0.05) is 0 Å². The molecular weight excluding hydrogens is 197 g/mol. The third kappa shape index (κ3) is 2.66. The molecule has 0 aliphatic carbocycles. The van der Waals surface area contributed by atoms with Crippen LogP contribution in [0, 0.1) is 0 Å². The predicted octanol–water partition coefficient (Wildman–Crippen LogP) is -1.09. The standard InChI is InChI=1S/C10H20FN3O/c11-1-2-13-3-5-14(6-4-13)9-7-12-8-10(9)15/h9-10,12,15H,1-8H2/t9-,10-/m1/s1. The average molecular weight is 217 g/mol. The van der Waals surface area contributed by atoms with E-state index in [1.54, 1.807) is 0 Å². The van der Waals surface area contributed by atoms with Gasteiger partial charge in [0, 0.05) is 51.9 Å². The van der Waals surface area contributed by atoms with Crippen LogP contribution in [0.1, 0.15) is 0 Å². The number of aliphatic hydroxyl groups is 1. The van der Waals surface area contributed by atoms with E-state index in [-0.39, 0.29) is 18.8 Å². The summed E-state index contributed by atoms with van der Waals surface area (Å²) in [5, 5.41) is 12.9. The van der Waals surface area contributed by atoms with Crippen molar-refractivity contribution in [2.75, 3.05) is 52.5 Å². The van der Waals surface area contributed by atoms with E-state index in [4.69, 9.17) is 0 Å². The second-order valence-electron chi connectivity index (χ2n) is 4.36. The van der Waals surface area contributed by atoms with Gasteiger partial charge in [-0.15, -0.1) is 0 Å². The van der Waals surface area contributed by atoms with Gasteiger partial charge < -0.3 is 10.4 Å². The number of hydrogen-bond donors (Lipinski definition) is 2. The van der Waals surface area contributed by atoms with Crippen LogP contribution in [0.4, 0.5) is 4.39 Å². The fraction of sp³-hybridized carbons (Fsp3) is 1.00. The molecule has 0 saturated carbocycles. The highest BCUT2D eigenvalue weighted by Gasteiger charge is 2.32. The molecule has 2 atom stereocenters. The summed E-state index contributed by atoms with van der Waals surface area (Å²) in [5.74, 6) is 0. The molecule has 5 heteroatoms. The third-order valence-corrected chi connectivity index (χ3v) is 3.43. The predicted molar refractivity (Wildman–Crippen MR) is 56.7 cm³/mol. The maximum atomic E-state index is 12.1. The number of β-amino-alcohol motifs (C(OH)–C–C–N with tert-alkyl or cyclic N) is 1. The Bertz CT molecular complexity index is 197. The fourth-order valence-electron chi connectivity index (χ4n) is 2.46. The largest absolute Gasteiger partial charge is 0.390 e. The smallest absolute Gasteiger partial charge is 0.102 e. The van der Waals surface area contributed by atoms with E-state index in [1.807, 2.05) is 0 Å². The van der Waals surface area contributed by atoms with E-state index in [9.17, 15) is 9.50 Å². The van der Waals surface area contributed by atoms with Crippen LogP contribution in [-0.4, -0.2) is 79.5 Å². The maximum absolute atomic E-state index is 12.1. The van der Waals surface area contributed by atoms with Gasteiger partial charge in [-0.05, 0) is 0 Å². The van der Waals surface area contributed by atoms with Crippen molar-refractivity contribution in [2.24, 2.45) is 0 Å². The van der Waals surface area contributed by atoms with Gasteiger partial charge in [0.05, 0.1) is 6.10 Å². The lowest BCUT2D eigenvalue weighted by Gasteiger charge is -2.38. The molecule has 2 rings (SSSR count). The van der Waals surface area contributed by atoms with Crippen molar-refractivity contribution in [3.8, 4) is 0 Å². The fourth-order valence-corrected chi connectivity index (χ4v) is 2.46. The minimum absolute atomic E-state index is 0.238. The first-order valence-electron chi connectivity index (χ1n) is 5.72. The lowest BCUT2D eigenvalue weighted by Crippen LogP contribution is -2.53. The molecule has 0 aromatic heterocycles. The Labute approximate surface area is 90.0 Å². The van der Waals surface area contributed by atoms with Crippen LogP contribution in [0.25, 0.3) is 0 Å². The number of nitrogens with zero attached hydrogens (tertiary/aromatic N) is 2. The molecule has 2 saturated heterocycles. The minimum Gasteiger partial charge on any atom is -0.390 e. The highest BCUT2D eigenvalue weighted by Crippen LogP contribution is 2.12. The van der Waals surface area contributed by atoms with Crippen molar-refractivity contribution < 1.29 is 9.50 Å². The first-order chi connectivity index (χ1) is 7.31. The van der Waals surface area contributed by atoms with Crippen molar-refractivity contribution in [1.82, 2.24) is 15.1 Å². The third-order valence-electron chi connectivity index (χ3n) is 3.43. The Balaban J connectivity index is 1.77. The summed E-state index contributed by atoms with van der Waals surface area (Å²) in [6.07, 6.45) is -0.238. The zero-order valence-corrected chi connectivity index (χ0v) is 9.03. The van der Waals surface area contributed by atoms with Crippen LogP contribution in [-0.2, 0) is 0 Å².